The van der Waals surface area contributed by atoms with Gasteiger partial charge in [0.1, 0.15) is 0 Å². The fourth-order valence-electron chi connectivity index (χ4n) is 3.95. The Morgan fingerprint density at radius 3 is 3.00 bits per heavy atom. The van der Waals surface area contributed by atoms with Gasteiger partial charge in [0.25, 0.3) is 5.91 Å². The van der Waals surface area contributed by atoms with E-state index < -0.39 is 12.0 Å². The SMILES string of the molecule is COC[C@@H]1[C@@H](NC(=O)c2ccc3nc(C(F)(F)F)[nH]c3c2)[C@@H]2CCO[C@H]12. The monoisotopic (exact) mass is 369 g/mol. The van der Waals surface area contributed by atoms with Crippen molar-refractivity contribution in [2.75, 3.05) is 20.3 Å². The molecule has 1 aromatic heterocycles. The van der Waals surface area contributed by atoms with Crippen molar-refractivity contribution in [2.24, 2.45) is 11.8 Å². The zero-order chi connectivity index (χ0) is 18.5. The van der Waals surface area contributed by atoms with Gasteiger partial charge < -0.3 is 19.8 Å². The van der Waals surface area contributed by atoms with Gasteiger partial charge in [-0.15, -0.1) is 0 Å². The second-order valence-corrected chi connectivity index (χ2v) is 6.72. The number of aromatic amines is 1. The van der Waals surface area contributed by atoms with Gasteiger partial charge in [-0.25, -0.2) is 4.98 Å². The molecule has 2 heterocycles. The fraction of sp³-hybridized carbons (Fsp3) is 0.529. The largest absolute Gasteiger partial charge is 0.449 e. The summed E-state index contributed by atoms with van der Waals surface area (Å²) in [4.78, 5) is 18.3. The molecular formula is C17H18F3N3O3. The smallest absolute Gasteiger partial charge is 0.384 e. The van der Waals surface area contributed by atoms with Gasteiger partial charge in [0.15, 0.2) is 0 Å². The highest BCUT2D eigenvalue weighted by atomic mass is 19.4. The lowest BCUT2D eigenvalue weighted by Crippen LogP contribution is -2.62. The summed E-state index contributed by atoms with van der Waals surface area (Å²) in [5.41, 5.74) is 0.626. The number of nitrogens with zero attached hydrogens (tertiary/aromatic N) is 1. The van der Waals surface area contributed by atoms with E-state index in [1.54, 1.807) is 7.11 Å². The first-order chi connectivity index (χ1) is 12.4. The van der Waals surface area contributed by atoms with E-state index in [0.29, 0.717) is 13.2 Å². The van der Waals surface area contributed by atoms with Crippen molar-refractivity contribution in [1.82, 2.24) is 15.3 Å². The molecule has 4 rings (SSSR count). The van der Waals surface area contributed by atoms with Crippen molar-refractivity contribution in [1.29, 1.82) is 0 Å². The molecule has 2 aromatic rings. The predicted octanol–water partition coefficient (Wildman–Crippen LogP) is 2.36. The molecule has 1 aliphatic heterocycles. The molecule has 1 aromatic carbocycles. The molecule has 1 amide bonds. The lowest BCUT2D eigenvalue weighted by molar-refractivity contribution is -0.144. The minimum atomic E-state index is -4.56. The normalized spacial score (nSPS) is 28.0. The third-order valence-corrected chi connectivity index (χ3v) is 5.20. The Kier molecular flexibility index (Phi) is 4.15. The number of alkyl halides is 3. The number of carbonyl (C=O) groups is 1. The van der Waals surface area contributed by atoms with E-state index in [4.69, 9.17) is 9.47 Å². The lowest BCUT2D eigenvalue weighted by atomic mass is 9.67. The van der Waals surface area contributed by atoms with Crippen LogP contribution in [0.1, 0.15) is 22.6 Å². The predicted molar refractivity (Wildman–Crippen MR) is 85.6 cm³/mol. The first kappa shape index (κ1) is 17.3. The molecule has 140 valence electrons. The van der Waals surface area contributed by atoms with E-state index in [9.17, 15) is 18.0 Å². The van der Waals surface area contributed by atoms with Crippen LogP contribution in [-0.4, -0.2) is 48.3 Å². The number of hydrogen-bond donors (Lipinski definition) is 2. The van der Waals surface area contributed by atoms with E-state index in [2.05, 4.69) is 15.3 Å². The number of methoxy groups -OCH3 is 1. The van der Waals surface area contributed by atoms with Crippen molar-refractivity contribution in [3.8, 4) is 0 Å². The fourth-order valence-corrected chi connectivity index (χ4v) is 3.95. The molecule has 0 bridgehead atoms. The number of nitrogens with one attached hydrogen (secondary N) is 2. The molecule has 9 heteroatoms. The molecule has 4 atom stereocenters. The zero-order valence-corrected chi connectivity index (χ0v) is 14.0. The van der Waals surface area contributed by atoms with Gasteiger partial charge in [0.2, 0.25) is 5.82 Å². The van der Waals surface area contributed by atoms with Gasteiger partial charge in [0.05, 0.1) is 23.7 Å². The highest BCUT2D eigenvalue weighted by Crippen LogP contribution is 2.43. The molecule has 0 radical (unpaired) electrons. The van der Waals surface area contributed by atoms with Crippen LogP contribution < -0.4 is 5.32 Å². The second kappa shape index (κ2) is 6.24. The van der Waals surface area contributed by atoms with Crippen LogP contribution in [0.3, 0.4) is 0 Å². The van der Waals surface area contributed by atoms with Gasteiger partial charge in [-0.2, -0.15) is 13.2 Å². The Morgan fingerprint density at radius 2 is 2.27 bits per heavy atom. The Bertz CT molecular complexity index is 836. The number of fused-ring (bicyclic) bond motifs is 2. The average molecular weight is 369 g/mol. The van der Waals surface area contributed by atoms with E-state index in [1.807, 2.05) is 0 Å². The number of hydrogen-bond acceptors (Lipinski definition) is 4. The van der Waals surface area contributed by atoms with Crippen molar-refractivity contribution in [2.45, 2.75) is 24.7 Å². The number of amides is 1. The lowest BCUT2D eigenvalue weighted by Gasteiger charge is -2.47. The number of imidazole rings is 1. The number of benzene rings is 1. The second-order valence-electron chi connectivity index (χ2n) is 6.72. The highest BCUT2D eigenvalue weighted by Gasteiger charge is 2.54. The summed E-state index contributed by atoms with van der Waals surface area (Å²) in [6.07, 6.45) is -3.58. The molecule has 2 N–H and O–H groups in total. The molecule has 0 spiro atoms. The van der Waals surface area contributed by atoms with Gasteiger partial charge in [-0.3, -0.25) is 4.79 Å². The molecule has 6 nitrogen and oxygen atoms in total. The van der Waals surface area contributed by atoms with E-state index in [0.717, 1.165) is 6.42 Å². The van der Waals surface area contributed by atoms with Crippen LogP contribution in [0, 0.1) is 11.8 Å². The van der Waals surface area contributed by atoms with Gasteiger partial charge in [0, 0.05) is 37.2 Å². The Labute approximate surface area is 147 Å². The van der Waals surface area contributed by atoms with Crippen LogP contribution in [-0.2, 0) is 15.7 Å². The molecule has 0 unspecified atom stereocenters. The quantitative estimate of drug-likeness (QED) is 0.868. The Balaban J connectivity index is 1.52. The summed E-state index contributed by atoms with van der Waals surface area (Å²) in [6, 6.07) is 4.22. The number of H-pyrrole nitrogens is 1. The van der Waals surface area contributed by atoms with Crippen molar-refractivity contribution >= 4 is 16.9 Å². The maximum Gasteiger partial charge on any atom is 0.449 e. The van der Waals surface area contributed by atoms with Gasteiger partial charge in [-0.1, -0.05) is 0 Å². The minimum Gasteiger partial charge on any atom is -0.384 e. The molecule has 2 fully saturated rings. The van der Waals surface area contributed by atoms with E-state index in [1.165, 1.54) is 18.2 Å². The molecular weight excluding hydrogens is 351 g/mol. The third kappa shape index (κ3) is 2.84. The molecule has 2 aliphatic rings. The number of aromatic nitrogens is 2. The molecule has 1 saturated carbocycles. The number of rotatable bonds is 4. The van der Waals surface area contributed by atoms with Gasteiger partial charge in [-0.05, 0) is 24.6 Å². The zero-order valence-electron chi connectivity index (χ0n) is 14.0. The summed E-state index contributed by atoms with van der Waals surface area (Å²) in [5, 5.41) is 2.99. The number of ether oxygens (including phenoxy) is 2. The highest BCUT2D eigenvalue weighted by molar-refractivity contribution is 5.97. The summed E-state index contributed by atoms with van der Waals surface area (Å²) >= 11 is 0. The maximum absolute atomic E-state index is 12.8. The molecule has 1 aliphatic carbocycles. The molecule has 1 saturated heterocycles. The van der Waals surface area contributed by atoms with E-state index in [-0.39, 0.29) is 46.5 Å². The van der Waals surface area contributed by atoms with Crippen LogP contribution in [0.25, 0.3) is 11.0 Å². The standard InChI is InChI=1S/C17H18F3N3O3/c1-25-7-10-13(9-4-5-26-14(9)10)23-15(24)8-2-3-11-12(6-8)22-16(21-11)17(18,19)20/h2-3,6,9-10,13-14H,4-5,7H2,1H3,(H,21,22)(H,23,24)/t9-,10+,13-,14-/m0/s1. The van der Waals surface area contributed by atoms with Crippen LogP contribution in [0.15, 0.2) is 18.2 Å². The van der Waals surface area contributed by atoms with Gasteiger partial charge >= 0.3 is 6.18 Å². The Hall–Kier alpha value is -2.13. The minimum absolute atomic E-state index is 0.0573. The summed E-state index contributed by atoms with van der Waals surface area (Å²) in [7, 11) is 1.60. The van der Waals surface area contributed by atoms with Crippen molar-refractivity contribution in [3.05, 3.63) is 29.6 Å². The molecule has 26 heavy (non-hydrogen) atoms. The summed E-state index contributed by atoms with van der Waals surface area (Å²) in [5.74, 6) is -1.06. The number of halogens is 3. The Morgan fingerprint density at radius 1 is 1.46 bits per heavy atom. The van der Waals surface area contributed by atoms with Crippen LogP contribution in [0.4, 0.5) is 13.2 Å². The first-order valence-electron chi connectivity index (χ1n) is 8.37. The topological polar surface area (TPSA) is 76.2 Å². The third-order valence-electron chi connectivity index (χ3n) is 5.20. The first-order valence-corrected chi connectivity index (χ1v) is 8.37. The van der Waals surface area contributed by atoms with Crippen LogP contribution >= 0.6 is 0 Å². The van der Waals surface area contributed by atoms with Crippen LogP contribution in [0.2, 0.25) is 0 Å². The summed E-state index contributed by atoms with van der Waals surface area (Å²) < 4.78 is 49.2. The number of carbonyl (C=O) groups excluding carboxylic acids is 1. The van der Waals surface area contributed by atoms with E-state index >= 15 is 0 Å². The maximum atomic E-state index is 12.8. The van der Waals surface area contributed by atoms with Crippen LogP contribution in [0.5, 0.6) is 0 Å². The summed E-state index contributed by atoms with van der Waals surface area (Å²) in [6.45, 7) is 1.16. The van der Waals surface area contributed by atoms with Crippen molar-refractivity contribution in [3.63, 3.8) is 0 Å². The average Bonchev–Trinajstić information content (AvgIpc) is 3.20. The van der Waals surface area contributed by atoms with Crippen molar-refractivity contribution < 1.29 is 27.4 Å².